The molecule has 0 amide bonds. The molecule has 0 radical (unpaired) electrons. The Morgan fingerprint density at radius 1 is 1.33 bits per heavy atom. The minimum atomic E-state index is 0.298. The van der Waals surface area contributed by atoms with Gasteiger partial charge in [0.1, 0.15) is 0 Å². The first-order valence-corrected chi connectivity index (χ1v) is 7.16. The first-order valence-electron chi connectivity index (χ1n) is 6.37. The summed E-state index contributed by atoms with van der Waals surface area (Å²) < 4.78 is 12.3. The lowest BCUT2D eigenvalue weighted by molar-refractivity contribution is -0.0361. The van der Waals surface area contributed by atoms with Crippen LogP contribution in [0.2, 0.25) is 0 Å². The maximum Gasteiger partial charge on any atom is 0.0740 e. The molecule has 18 heavy (non-hydrogen) atoms. The van der Waals surface area contributed by atoms with Gasteiger partial charge in [-0.25, -0.2) is 0 Å². The van der Waals surface area contributed by atoms with E-state index in [1.165, 1.54) is 6.42 Å². The van der Waals surface area contributed by atoms with Crippen LogP contribution < -0.4 is 5.73 Å². The normalized spacial score (nSPS) is 24.1. The predicted molar refractivity (Wildman–Crippen MR) is 76.4 cm³/mol. The minimum absolute atomic E-state index is 0.298. The maximum atomic E-state index is 5.96. The van der Waals surface area contributed by atoms with Crippen LogP contribution in [0, 0.1) is 0 Å². The molecule has 1 fully saturated rings. The van der Waals surface area contributed by atoms with E-state index in [-0.39, 0.29) is 0 Å². The Balaban J connectivity index is 1.87. The van der Waals surface area contributed by atoms with Gasteiger partial charge in [-0.3, -0.25) is 0 Å². The van der Waals surface area contributed by atoms with Crippen LogP contribution in [0.3, 0.4) is 0 Å². The van der Waals surface area contributed by atoms with Gasteiger partial charge in [-0.15, -0.1) is 0 Å². The van der Waals surface area contributed by atoms with E-state index in [1.807, 2.05) is 18.2 Å². The third kappa shape index (κ3) is 3.70. The highest BCUT2D eigenvalue weighted by atomic mass is 79.9. The summed E-state index contributed by atoms with van der Waals surface area (Å²) in [6, 6.07) is 5.92. The highest BCUT2D eigenvalue weighted by Crippen LogP contribution is 2.25. The fraction of sp³-hybridized carbons (Fsp3) is 0.571. The zero-order chi connectivity index (χ0) is 13.0. The van der Waals surface area contributed by atoms with Crippen molar-refractivity contribution in [3.05, 3.63) is 28.2 Å². The number of benzene rings is 1. The Hall–Kier alpha value is -0.580. The van der Waals surface area contributed by atoms with E-state index in [9.17, 15) is 0 Å². The Kier molecular flexibility index (Phi) is 5.03. The summed E-state index contributed by atoms with van der Waals surface area (Å²) in [4.78, 5) is 0. The largest absolute Gasteiger partial charge is 0.398 e. The number of anilines is 1. The van der Waals surface area contributed by atoms with Crippen molar-refractivity contribution in [2.75, 3.05) is 12.8 Å². The summed E-state index contributed by atoms with van der Waals surface area (Å²) in [5, 5.41) is 0. The van der Waals surface area contributed by atoms with Crippen LogP contribution in [0.5, 0.6) is 0 Å². The molecule has 0 spiro atoms. The number of halogens is 1. The van der Waals surface area contributed by atoms with E-state index in [4.69, 9.17) is 15.2 Å². The summed E-state index contributed by atoms with van der Waals surface area (Å²) >= 11 is 3.40. The number of nitrogen functional groups attached to an aromatic ring is 1. The molecule has 0 heterocycles. The summed E-state index contributed by atoms with van der Waals surface area (Å²) in [5.74, 6) is 0. The molecule has 2 N–H and O–H groups in total. The van der Waals surface area contributed by atoms with Crippen molar-refractivity contribution in [2.45, 2.75) is 44.5 Å². The van der Waals surface area contributed by atoms with Gasteiger partial charge < -0.3 is 15.2 Å². The molecule has 1 aromatic rings. The Labute approximate surface area is 117 Å². The van der Waals surface area contributed by atoms with Crippen LogP contribution >= 0.6 is 15.9 Å². The lowest BCUT2D eigenvalue weighted by Crippen LogP contribution is -2.27. The lowest BCUT2D eigenvalue weighted by atomic mass is 9.95. The van der Waals surface area contributed by atoms with Crippen LogP contribution in [0.4, 0.5) is 5.69 Å². The summed E-state index contributed by atoms with van der Waals surface area (Å²) in [6.45, 7) is 0.584. The predicted octanol–water partition coefficient (Wildman–Crippen LogP) is 3.51. The molecule has 0 bridgehead atoms. The van der Waals surface area contributed by atoms with E-state index in [1.54, 1.807) is 7.11 Å². The fourth-order valence-electron chi connectivity index (χ4n) is 2.37. The second kappa shape index (κ2) is 6.55. The van der Waals surface area contributed by atoms with Crippen LogP contribution in [0.25, 0.3) is 0 Å². The molecule has 2 atom stereocenters. The smallest absolute Gasteiger partial charge is 0.0740 e. The molecule has 2 rings (SSSR count). The molecule has 1 aromatic carbocycles. The summed E-state index contributed by atoms with van der Waals surface area (Å²) in [5.41, 5.74) is 7.79. The average molecular weight is 314 g/mol. The molecular formula is C14H20BrNO2. The van der Waals surface area contributed by atoms with Crippen LogP contribution in [0.15, 0.2) is 22.7 Å². The van der Waals surface area contributed by atoms with E-state index < -0.39 is 0 Å². The molecule has 0 aliphatic heterocycles. The molecule has 0 saturated heterocycles. The number of ether oxygens (including phenoxy) is 2. The SMILES string of the molecule is COC1CCCC(OCc2ccc(Br)cc2N)C1. The maximum absolute atomic E-state index is 5.96. The number of hydrogen-bond acceptors (Lipinski definition) is 3. The van der Waals surface area contributed by atoms with Crippen molar-refractivity contribution in [1.29, 1.82) is 0 Å². The average Bonchev–Trinajstić information content (AvgIpc) is 2.38. The highest BCUT2D eigenvalue weighted by molar-refractivity contribution is 9.10. The van der Waals surface area contributed by atoms with Crippen LogP contribution in [-0.4, -0.2) is 19.3 Å². The molecule has 2 unspecified atom stereocenters. The van der Waals surface area contributed by atoms with Gasteiger partial charge >= 0.3 is 0 Å². The Morgan fingerprint density at radius 3 is 2.83 bits per heavy atom. The second-order valence-corrected chi connectivity index (χ2v) is 5.72. The third-order valence-corrected chi connectivity index (χ3v) is 3.99. The Bertz CT molecular complexity index is 397. The van der Waals surface area contributed by atoms with E-state index in [2.05, 4.69) is 15.9 Å². The quantitative estimate of drug-likeness (QED) is 0.865. The van der Waals surface area contributed by atoms with Crippen LogP contribution in [0.1, 0.15) is 31.2 Å². The van der Waals surface area contributed by atoms with E-state index in [0.29, 0.717) is 18.8 Å². The van der Waals surface area contributed by atoms with Gasteiger partial charge in [-0.1, -0.05) is 22.0 Å². The monoisotopic (exact) mass is 313 g/mol. The molecule has 1 aliphatic rings. The summed E-state index contributed by atoms with van der Waals surface area (Å²) in [6.07, 6.45) is 5.09. The standard InChI is InChI=1S/C14H20BrNO2/c1-17-12-3-2-4-13(8-12)18-9-10-5-6-11(15)7-14(10)16/h5-7,12-13H,2-4,8-9,16H2,1H3. The minimum Gasteiger partial charge on any atom is -0.398 e. The molecular weight excluding hydrogens is 294 g/mol. The lowest BCUT2D eigenvalue weighted by Gasteiger charge is -2.28. The van der Waals surface area contributed by atoms with Crippen molar-refractivity contribution >= 4 is 21.6 Å². The van der Waals surface area contributed by atoms with Gasteiger partial charge in [-0.2, -0.15) is 0 Å². The van der Waals surface area contributed by atoms with Crippen molar-refractivity contribution in [2.24, 2.45) is 0 Å². The molecule has 1 saturated carbocycles. The van der Waals surface area contributed by atoms with Gasteiger partial charge in [0.15, 0.2) is 0 Å². The fourth-order valence-corrected chi connectivity index (χ4v) is 2.75. The van der Waals surface area contributed by atoms with E-state index in [0.717, 1.165) is 35.0 Å². The Morgan fingerprint density at radius 2 is 2.11 bits per heavy atom. The molecule has 0 aromatic heterocycles. The molecule has 3 nitrogen and oxygen atoms in total. The third-order valence-electron chi connectivity index (χ3n) is 3.49. The molecule has 100 valence electrons. The first-order chi connectivity index (χ1) is 8.69. The summed E-state index contributed by atoms with van der Waals surface area (Å²) in [7, 11) is 1.78. The van der Waals surface area contributed by atoms with Crippen molar-refractivity contribution in [1.82, 2.24) is 0 Å². The highest BCUT2D eigenvalue weighted by Gasteiger charge is 2.22. The molecule has 4 heteroatoms. The number of nitrogens with two attached hydrogens (primary N) is 1. The van der Waals surface area contributed by atoms with Gasteiger partial charge in [-0.05, 0) is 37.8 Å². The zero-order valence-corrected chi connectivity index (χ0v) is 12.3. The van der Waals surface area contributed by atoms with Crippen molar-refractivity contribution in [3.63, 3.8) is 0 Å². The number of hydrogen-bond donors (Lipinski definition) is 1. The van der Waals surface area contributed by atoms with Gasteiger partial charge in [0, 0.05) is 22.8 Å². The topological polar surface area (TPSA) is 44.5 Å². The number of methoxy groups -OCH3 is 1. The first kappa shape index (κ1) is 13.8. The van der Waals surface area contributed by atoms with Crippen LogP contribution in [-0.2, 0) is 16.1 Å². The number of rotatable bonds is 4. The zero-order valence-electron chi connectivity index (χ0n) is 10.7. The van der Waals surface area contributed by atoms with Gasteiger partial charge in [0.2, 0.25) is 0 Å². The second-order valence-electron chi connectivity index (χ2n) is 4.80. The van der Waals surface area contributed by atoms with Gasteiger partial charge in [0.05, 0.1) is 18.8 Å². The van der Waals surface area contributed by atoms with E-state index >= 15 is 0 Å². The van der Waals surface area contributed by atoms with Crippen molar-refractivity contribution in [3.8, 4) is 0 Å². The van der Waals surface area contributed by atoms with Crippen molar-refractivity contribution < 1.29 is 9.47 Å². The molecule has 1 aliphatic carbocycles. The van der Waals surface area contributed by atoms with Gasteiger partial charge in [0.25, 0.3) is 0 Å².